The van der Waals surface area contributed by atoms with E-state index in [1.165, 1.54) is 16.9 Å². The summed E-state index contributed by atoms with van der Waals surface area (Å²) in [6.45, 7) is 6.16. The third kappa shape index (κ3) is 6.91. The number of halogens is 1. The molecule has 2 aromatic rings. The lowest BCUT2D eigenvalue weighted by Gasteiger charge is -2.38. The molecule has 214 valence electrons. The molecule has 0 bridgehead atoms. The van der Waals surface area contributed by atoms with E-state index >= 15 is 0 Å². The second-order valence-corrected chi connectivity index (χ2v) is 13.2. The number of nitrogens with one attached hydrogen (secondary N) is 1. The number of amides is 2. The van der Waals surface area contributed by atoms with Gasteiger partial charge in [-0.25, -0.2) is 0 Å². The monoisotopic (exact) mass is 579 g/mol. The second-order valence-electron chi connectivity index (χ2n) is 11.8. The van der Waals surface area contributed by atoms with Gasteiger partial charge in [-0.15, -0.1) is 0 Å². The molecule has 5 nitrogen and oxygen atoms in total. The molecule has 2 aromatic carbocycles. The first-order chi connectivity index (χ1) is 19.5. The predicted octanol–water partition coefficient (Wildman–Crippen LogP) is 7.05. The molecule has 1 N–H and O–H groups in total. The normalized spacial score (nSPS) is 20.4. The lowest BCUT2D eigenvalue weighted by Crippen LogP contribution is -2.45. The summed E-state index contributed by atoms with van der Waals surface area (Å²) in [6, 6.07) is 16.3. The van der Waals surface area contributed by atoms with Crippen LogP contribution in [0.4, 0.5) is 0 Å². The van der Waals surface area contributed by atoms with Gasteiger partial charge in [-0.1, -0.05) is 77.5 Å². The third-order valence-corrected chi connectivity index (χ3v) is 10.3. The van der Waals surface area contributed by atoms with Crippen molar-refractivity contribution in [2.45, 2.75) is 82.2 Å². The zero-order valence-electron chi connectivity index (χ0n) is 23.7. The first-order valence-electron chi connectivity index (χ1n) is 15.0. The van der Waals surface area contributed by atoms with Gasteiger partial charge in [-0.05, 0) is 87.9 Å². The number of carbonyl (C=O) groups excluding carboxylic acids is 2. The molecular formula is C33H42ClN3O2S. The molecule has 3 fully saturated rings. The summed E-state index contributed by atoms with van der Waals surface area (Å²) < 4.78 is 0. The number of benzene rings is 2. The molecule has 2 heterocycles. The van der Waals surface area contributed by atoms with Gasteiger partial charge in [0.15, 0.2) is 0 Å². The maximum absolute atomic E-state index is 13.6. The van der Waals surface area contributed by atoms with Crippen molar-refractivity contribution >= 4 is 34.6 Å². The minimum atomic E-state index is -0.213. The van der Waals surface area contributed by atoms with Gasteiger partial charge in [0.1, 0.15) is 0 Å². The van der Waals surface area contributed by atoms with Crippen LogP contribution in [-0.4, -0.2) is 47.8 Å². The summed E-state index contributed by atoms with van der Waals surface area (Å²) in [5.74, 6) is 0.624. The van der Waals surface area contributed by atoms with Crippen LogP contribution in [0.1, 0.15) is 81.9 Å². The lowest BCUT2D eigenvalue weighted by atomic mass is 9.77. The molecule has 1 unspecified atom stereocenters. The largest absolute Gasteiger partial charge is 0.349 e. The Kier molecular flexibility index (Phi) is 9.85. The Morgan fingerprint density at radius 1 is 1.05 bits per heavy atom. The number of hydrogen-bond donors (Lipinski definition) is 1. The quantitative estimate of drug-likeness (QED) is 0.364. The minimum Gasteiger partial charge on any atom is -0.349 e. The molecule has 2 aliphatic heterocycles. The van der Waals surface area contributed by atoms with E-state index in [0.29, 0.717) is 17.5 Å². The summed E-state index contributed by atoms with van der Waals surface area (Å²) in [4.78, 5) is 32.4. The van der Waals surface area contributed by atoms with E-state index in [-0.39, 0.29) is 23.3 Å². The Labute approximate surface area is 248 Å². The van der Waals surface area contributed by atoms with Crippen molar-refractivity contribution in [2.75, 3.05) is 26.2 Å². The maximum Gasteiger partial charge on any atom is 0.229 e. The van der Waals surface area contributed by atoms with Crippen molar-refractivity contribution in [2.24, 2.45) is 11.3 Å². The molecule has 1 atom stereocenters. The van der Waals surface area contributed by atoms with E-state index in [4.69, 9.17) is 11.6 Å². The number of piperidine rings is 1. The molecule has 40 heavy (non-hydrogen) atoms. The fourth-order valence-corrected chi connectivity index (χ4v) is 7.52. The third-order valence-electron chi connectivity index (χ3n) is 9.24. The van der Waals surface area contributed by atoms with Gasteiger partial charge >= 0.3 is 0 Å². The molecule has 3 aliphatic rings. The van der Waals surface area contributed by atoms with Crippen LogP contribution in [0.2, 0.25) is 5.02 Å². The van der Waals surface area contributed by atoms with Crippen molar-refractivity contribution in [3.63, 3.8) is 0 Å². The summed E-state index contributed by atoms with van der Waals surface area (Å²) in [6.07, 6.45) is 9.08. The zero-order chi connectivity index (χ0) is 28.0. The van der Waals surface area contributed by atoms with Crippen LogP contribution in [0, 0.1) is 16.5 Å². The maximum atomic E-state index is 13.6. The molecule has 5 rings (SSSR count). The Hall–Kier alpha value is -2.37. The molecule has 1 saturated carbocycles. The highest BCUT2D eigenvalue weighted by molar-refractivity contribution is 7.88. The van der Waals surface area contributed by atoms with Gasteiger partial charge in [0.2, 0.25) is 11.8 Å². The number of carbonyl (C=O) groups is 2. The molecule has 2 amide bonds. The summed E-state index contributed by atoms with van der Waals surface area (Å²) in [5, 5.41) is 7.17. The van der Waals surface area contributed by atoms with E-state index < -0.39 is 0 Å². The van der Waals surface area contributed by atoms with Crippen molar-refractivity contribution in [3.8, 4) is 5.18 Å². The summed E-state index contributed by atoms with van der Waals surface area (Å²) >= 11 is 8.19. The van der Waals surface area contributed by atoms with E-state index in [0.717, 1.165) is 83.1 Å². The molecule has 2 saturated heterocycles. The predicted molar refractivity (Wildman–Crippen MR) is 164 cm³/mol. The topological polar surface area (TPSA) is 52.6 Å². The van der Waals surface area contributed by atoms with Gasteiger partial charge in [0, 0.05) is 35.5 Å². The lowest BCUT2D eigenvalue weighted by molar-refractivity contribution is -0.139. The average Bonchev–Trinajstić information content (AvgIpc) is 3.27. The molecule has 7 heteroatoms. The van der Waals surface area contributed by atoms with E-state index in [9.17, 15) is 9.59 Å². The second kappa shape index (κ2) is 13.5. The van der Waals surface area contributed by atoms with Gasteiger partial charge < -0.3 is 15.1 Å². The Morgan fingerprint density at radius 2 is 1.75 bits per heavy atom. The SMILES string of the molecule is CC#Sc1ccc(CN2CCC3(CCN(CCC(NC(=O)C4CCCCC4)c4ccccc4Cl)CC3)C2=O)cc1. The van der Waals surface area contributed by atoms with Gasteiger partial charge in [-0.2, -0.15) is 0 Å². The summed E-state index contributed by atoms with van der Waals surface area (Å²) in [5.41, 5.74) is 1.97. The Balaban J connectivity index is 1.15. The fraction of sp³-hybridized carbons (Fsp3) is 0.545. The van der Waals surface area contributed by atoms with E-state index in [2.05, 4.69) is 44.6 Å². The highest BCUT2D eigenvalue weighted by atomic mass is 35.5. The zero-order valence-corrected chi connectivity index (χ0v) is 25.2. The highest BCUT2D eigenvalue weighted by Crippen LogP contribution is 2.42. The van der Waals surface area contributed by atoms with Crippen molar-refractivity contribution in [1.29, 1.82) is 0 Å². The standard InChI is InChI=1S/C33H42ClN3O2S/c1-2-40-27-14-12-25(13-15-27)24-37-23-19-33(32(37)39)17-21-36(22-18-33)20-16-30(28-10-6-7-11-29(28)34)35-31(38)26-8-4-3-5-9-26/h6-7,10-15,26,30H,3-5,8-9,16-24H2,1H3,(H,35,38). The van der Waals surface area contributed by atoms with Crippen molar-refractivity contribution < 1.29 is 9.59 Å². The highest BCUT2D eigenvalue weighted by Gasteiger charge is 2.47. The van der Waals surface area contributed by atoms with Crippen LogP contribution < -0.4 is 5.32 Å². The Bertz CT molecular complexity index is 1240. The van der Waals surface area contributed by atoms with Crippen LogP contribution in [0.15, 0.2) is 53.4 Å². The van der Waals surface area contributed by atoms with Crippen molar-refractivity contribution in [3.05, 3.63) is 64.7 Å². The molecule has 1 spiro atoms. The summed E-state index contributed by atoms with van der Waals surface area (Å²) in [7, 11) is 0. The molecule has 0 radical (unpaired) electrons. The number of hydrogen-bond acceptors (Lipinski definition) is 3. The fourth-order valence-electron chi connectivity index (χ4n) is 6.74. The number of likely N-dealkylation sites (tertiary alicyclic amines) is 2. The molecule has 1 aliphatic carbocycles. The van der Waals surface area contributed by atoms with Crippen LogP contribution >= 0.6 is 22.8 Å². The smallest absolute Gasteiger partial charge is 0.229 e. The van der Waals surface area contributed by atoms with Crippen LogP contribution in [0.25, 0.3) is 0 Å². The first kappa shape index (κ1) is 29.1. The van der Waals surface area contributed by atoms with Gasteiger partial charge in [-0.3, -0.25) is 9.59 Å². The average molecular weight is 580 g/mol. The Morgan fingerprint density at radius 3 is 2.45 bits per heavy atom. The van der Waals surface area contributed by atoms with Crippen molar-refractivity contribution in [1.82, 2.24) is 15.1 Å². The molecule has 0 aromatic heterocycles. The minimum absolute atomic E-state index is 0.0967. The number of rotatable bonds is 8. The van der Waals surface area contributed by atoms with Crippen LogP contribution in [-0.2, 0) is 16.1 Å². The number of nitrogens with zero attached hydrogens (tertiary/aromatic N) is 2. The van der Waals surface area contributed by atoms with E-state index in [1.54, 1.807) is 11.2 Å². The van der Waals surface area contributed by atoms with Gasteiger partial charge in [0.05, 0.1) is 11.5 Å². The van der Waals surface area contributed by atoms with Crippen LogP contribution in [0.3, 0.4) is 0 Å². The van der Waals surface area contributed by atoms with Gasteiger partial charge in [0.25, 0.3) is 0 Å². The van der Waals surface area contributed by atoms with Crippen LogP contribution in [0.5, 0.6) is 0 Å². The molecular weight excluding hydrogens is 538 g/mol. The van der Waals surface area contributed by atoms with E-state index in [1.807, 2.05) is 31.2 Å². The first-order valence-corrected chi connectivity index (χ1v) is 16.2.